The fourth-order valence-electron chi connectivity index (χ4n) is 1.61. The lowest BCUT2D eigenvalue weighted by molar-refractivity contribution is 0.455. The molecule has 1 aromatic rings. The molecular formula is C8H13N3S. The molecule has 0 aliphatic carbocycles. The molecule has 12 heavy (non-hydrogen) atoms. The van der Waals surface area contributed by atoms with Crippen LogP contribution in [0.3, 0.4) is 0 Å². The summed E-state index contributed by atoms with van der Waals surface area (Å²) in [6, 6.07) is 0. The number of piperidine rings is 1. The average molecular weight is 183 g/mol. The normalized spacial score (nSPS) is 19.7. The molecule has 0 aromatic carbocycles. The van der Waals surface area contributed by atoms with Gasteiger partial charge in [-0.1, -0.05) is 0 Å². The van der Waals surface area contributed by atoms with Gasteiger partial charge in [0, 0.05) is 11.3 Å². The Labute approximate surface area is 76.0 Å². The summed E-state index contributed by atoms with van der Waals surface area (Å²) in [5.74, 6) is 0.639. The van der Waals surface area contributed by atoms with E-state index >= 15 is 0 Å². The Balaban J connectivity index is 2.08. The fourth-order valence-corrected chi connectivity index (χ4v) is 2.25. The van der Waals surface area contributed by atoms with Crippen LogP contribution in [0.15, 0.2) is 5.38 Å². The first-order valence-electron chi connectivity index (χ1n) is 4.28. The summed E-state index contributed by atoms with van der Waals surface area (Å²) in [6.45, 7) is 2.23. The molecule has 1 aliphatic rings. The molecule has 2 rings (SSSR count). The first-order valence-corrected chi connectivity index (χ1v) is 5.16. The van der Waals surface area contributed by atoms with Gasteiger partial charge in [-0.3, -0.25) is 0 Å². The summed E-state index contributed by atoms with van der Waals surface area (Å²) in [7, 11) is 0. The zero-order valence-corrected chi connectivity index (χ0v) is 7.73. The molecule has 66 valence electrons. The van der Waals surface area contributed by atoms with Crippen LogP contribution in [0.5, 0.6) is 0 Å². The Morgan fingerprint density at radius 1 is 1.50 bits per heavy atom. The van der Waals surface area contributed by atoms with Crippen molar-refractivity contribution in [1.82, 2.24) is 10.3 Å². The van der Waals surface area contributed by atoms with Gasteiger partial charge in [0.1, 0.15) is 0 Å². The maximum absolute atomic E-state index is 5.58. The van der Waals surface area contributed by atoms with Crippen molar-refractivity contribution in [1.29, 1.82) is 0 Å². The van der Waals surface area contributed by atoms with Gasteiger partial charge in [0.15, 0.2) is 5.13 Å². The van der Waals surface area contributed by atoms with Gasteiger partial charge < -0.3 is 11.1 Å². The van der Waals surface area contributed by atoms with Gasteiger partial charge in [0.05, 0.1) is 5.69 Å². The minimum absolute atomic E-state index is 0.639. The van der Waals surface area contributed by atoms with Crippen LogP contribution in [0.1, 0.15) is 24.5 Å². The number of thiazole rings is 1. The topological polar surface area (TPSA) is 50.9 Å². The number of nitrogens with one attached hydrogen (secondary N) is 1. The van der Waals surface area contributed by atoms with Crippen LogP contribution in [-0.4, -0.2) is 18.1 Å². The SMILES string of the molecule is Nc1nc(C2CCNCC2)cs1. The minimum atomic E-state index is 0.639. The van der Waals surface area contributed by atoms with E-state index in [9.17, 15) is 0 Å². The minimum Gasteiger partial charge on any atom is -0.375 e. The van der Waals surface area contributed by atoms with E-state index in [0.717, 1.165) is 13.1 Å². The van der Waals surface area contributed by atoms with Crippen molar-refractivity contribution in [3.8, 4) is 0 Å². The Morgan fingerprint density at radius 2 is 2.25 bits per heavy atom. The van der Waals surface area contributed by atoms with Gasteiger partial charge in [0.2, 0.25) is 0 Å². The predicted molar refractivity (Wildman–Crippen MR) is 51.4 cm³/mol. The van der Waals surface area contributed by atoms with Crippen molar-refractivity contribution < 1.29 is 0 Å². The molecule has 1 saturated heterocycles. The van der Waals surface area contributed by atoms with E-state index < -0.39 is 0 Å². The van der Waals surface area contributed by atoms with Gasteiger partial charge in [-0.05, 0) is 25.9 Å². The van der Waals surface area contributed by atoms with Crippen LogP contribution < -0.4 is 11.1 Å². The number of nitrogen functional groups attached to an aromatic ring is 1. The summed E-state index contributed by atoms with van der Waals surface area (Å²) in [5.41, 5.74) is 6.77. The monoisotopic (exact) mass is 183 g/mol. The molecule has 1 aliphatic heterocycles. The smallest absolute Gasteiger partial charge is 0.180 e. The molecule has 0 atom stereocenters. The van der Waals surface area contributed by atoms with Crippen LogP contribution >= 0.6 is 11.3 Å². The third-order valence-electron chi connectivity index (χ3n) is 2.30. The molecule has 1 fully saturated rings. The molecule has 0 bridgehead atoms. The molecular weight excluding hydrogens is 170 g/mol. The molecule has 4 heteroatoms. The molecule has 0 amide bonds. The lowest BCUT2D eigenvalue weighted by Gasteiger charge is -2.20. The van der Waals surface area contributed by atoms with Crippen molar-refractivity contribution in [3.63, 3.8) is 0 Å². The van der Waals surface area contributed by atoms with Crippen LogP contribution in [0, 0.1) is 0 Å². The van der Waals surface area contributed by atoms with Crippen molar-refractivity contribution in [2.75, 3.05) is 18.8 Å². The molecule has 0 spiro atoms. The summed E-state index contributed by atoms with van der Waals surface area (Å²) < 4.78 is 0. The molecule has 0 saturated carbocycles. The van der Waals surface area contributed by atoms with Crippen molar-refractivity contribution in [2.24, 2.45) is 0 Å². The van der Waals surface area contributed by atoms with Crippen molar-refractivity contribution >= 4 is 16.5 Å². The highest BCUT2D eigenvalue weighted by Gasteiger charge is 2.17. The van der Waals surface area contributed by atoms with E-state index in [4.69, 9.17) is 5.73 Å². The van der Waals surface area contributed by atoms with Gasteiger partial charge in [-0.25, -0.2) is 4.98 Å². The molecule has 0 unspecified atom stereocenters. The van der Waals surface area contributed by atoms with Gasteiger partial charge in [-0.15, -0.1) is 11.3 Å². The lowest BCUT2D eigenvalue weighted by atomic mass is 9.96. The van der Waals surface area contributed by atoms with Gasteiger partial charge in [-0.2, -0.15) is 0 Å². The van der Waals surface area contributed by atoms with Crippen molar-refractivity contribution in [3.05, 3.63) is 11.1 Å². The number of anilines is 1. The average Bonchev–Trinajstić information content (AvgIpc) is 2.54. The number of nitrogens with zero attached hydrogens (tertiary/aromatic N) is 1. The lowest BCUT2D eigenvalue weighted by Crippen LogP contribution is -2.26. The van der Waals surface area contributed by atoms with E-state index in [1.807, 2.05) is 0 Å². The van der Waals surface area contributed by atoms with E-state index in [1.165, 1.54) is 18.5 Å². The highest BCUT2D eigenvalue weighted by Crippen LogP contribution is 2.26. The van der Waals surface area contributed by atoms with Gasteiger partial charge in [0.25, 0.3) is 0 Å². The number of hydrogen-bond donors (Lipinski definition) is 2. The largest absolute Gasteiger partial charge is 0.375 e. The second-order valence-electron chi connectivity index (χ2n) is 3.13. The highest BCUT2D eigenvalue weighted by molar-refractivity contribution is 7.13. The standard InChI is InChI=1S/C8H13N3S/c9-8-11-7(5-12-8)6-1-3-10-4-2-6/h5-6,10H,1-4H2,(H2,9,11). The molecule has 0 radical (unpaired) electrons. The van der Waals surface area contributed by atoms with Gasteiger partial charge >= 0.3 is 0 Å². The summed E-state index contributed by atoms with van der Waals surface area (Å²) in [6.07, 6.45) is 2.40. The summed E-state index contributed by atoms with van der Waals surface area (Å²) >= 11 is 1.54. The first kappa shape index (κ1) is 8.01. The fraction of sp³-hybridized carbons (Fsp3) is 0.625. The Morgan fingerprint density at radius 3 is 2.83 bits per heavy atom. The number of nitrogens with two attached hydrogens (primary N) is 1. The second-order valence-corrected chi connectivity index (χ2v) is 4.02. The Hall–Kier alpha value is -0.610. The quantitative estimate of drug-likeness (QED) is 0.687. The Bertz CT molecular complexity index is 253. The van der Waals surface area contributed by atoms with E-state index in [2.05, 4.69) is 15.7 Å². The molecule has 2 heterocycles. The molecule has 3 N–H and O–H groups in total. The highest BCUT2D eigenvalue weighted by atomic mass is 32.1. The molecule has 3 nitrogen and oxygen atoms in total. The van der Waals surface area contributed by atoms with E-state index in [0.29, 0.717) is 11.0 Å². The Kier molecular flexibility index (Phi) is 2.28. The zero-order valence-electron chi connectivity index (χ0n) is 6.92. The van der Waals surface area contributed by atoms with Crippen LogP contribution in [0.2, 0.25) is 0 Å². The number of aromatic nitrogens is 1. The summed E-state index contributed by atoms with van der Waals surface area (Å²) in [5, 5.41) is 6.12. The molecule has 1 aromatic heterocycles. The maximum Gasteiger partial charge on any atom is 0.180 e. The third kappa shape index (κ3) is 1.59. The second kappa shape index (κ2) is 3.41. The van der Waals surface area contributed by atoms with Crippen LogP contribution in [-0.2, 0) is 0 Å². The summed E-state index contributed by atoms with van der Waals surface area (Å²) in [4.78, 5) is 4.30. The van der Waals surface area contributed by atoms with E-state index in [-0.39, 0.29) is 0 Å². The van der Waals surface area contributed by atoms with Crippen molar-refractivity contribution in [2.45, 2.75) is 18.8 Å². The zero-order chi connectivity index (χ0) is 8.39. The first-order chi connectivity index (χ1) is 5.86. The van der Waals surface area contributed by atoms with Crippen LogP contribution in [0.25, 0.3) is 0 Å². The third-order valence-corrected chi connectivity index (χ3v) is 2.99. The van der Waals surface area contributed by atoms with Crippen LogP contribution in [0.4, 0.5) is 5.13 Å². The number of hydrogen-bond acceptors (Lipinski definition) is 4. The van der Waals surface area contributed by atoms with E-state index in [1.54, 1.807) is 11.3 Å². The maximum atomic E-state index is 5.58. The number of rotatable bonds is 1. The predicted octanol–water partition coefficient (Wildman–Crippen LogP) is 1.19.